The van der Waals surface area contributed by atoms with Crippen molar-refractivity contribution in [1.29, 1.82) is 0 Å². The van der Waals surface area contributed by atoms with Crippen molar-refractivity contribution in [3.8, 4) is 0 Å². The van der Waals surface area contributed by atoms with Crippen molar-refractivity contribution in [3.63, 3.8) is 0 Å². The van der Waals surface area contributed by atoms with Gasteiger partial charge in [-0.2, -0.15) is 0 Å². The van der Waals surface area contributed by atoms with E-state index >= 15 is 0 Å². The molecule has 0 bridgehead atoms. The van der Waals surface area contributed by atoms with Gasteiger partial charge in [0.05, 0.1) is 21.1 Å². The van der Waals surface area contributed by atoms with Crippen molar-refractivity contribution in [2.75, 3.05) is 21.1 Å². The summed E-state index contributed by atoms with van der Waals surface area (Å²) in [5, 5.41) is -0.594. The number of hydrogen-bond donors (Lipinski definition) is 0. The molecule has 0 aliphatic carbocycles. The van der Waals surface area contributed by atoms with Crippen LogP contribution in [0.3, 0.4) is 0 Å². The van der Waals surface area contributed by atoms with Crippen LogP contribution in [0, 0.1) is 0 Å². The Hall–Kier alpha value is -0.500. The first-order valence-electron chi connectivity index (χ1n) is 12.0. The average molecular weight is 427 g/mol. The zero-order chi connectivity index (χ0) is 22.0. The summed E-state index contributed by atoms with van der Waals surface area (Å²) in [6, 6.07) is 0. The number of rotatable bonds is 20. The Morgan fingerprint density at radius 3 is 1.69 bits per heavy atom. The van der Waals surface area contributed by atoms with Gasteiger partial charge in [0.15, 0.2) is 0 Å². The van der Waals surface area contributed by atoms with Crippen LogP contribution in [0.4, 0.5) is 0 Å². The van der Waals surface area contributed by atoms with Crippen molar-refractivity contribution in [2.24, 2.45) is 0 Å². The molecule has 0 rings (SSSR count). The molecule has 170 valence electrons. The summed E-state index contributed by atoms with van der Waals surface area (Å²) in [5.74, 6) is 0. The molecule has 0 aromatic carbocycles. The molecule has 2 atom stereocenters. The van der Waals surface area contributed by atoms with Crippen LogP contribution in [0.1, 0.15) is 110 Å². The van der Waals surface area contributed by atoms with Crippen LogP contribution in [-0.4, -0.2) is 30.9 Å². The highest BCUT2D eigenvalue weighted by atomic mass is 31.1. The topological polar surface area (TPSA) is 40.1 Å². The number of hydrogen-bond acceptors (Lipinski definition) is 2. The molecule has 3 nitrogen and oxygen atoms in total. The summed E-state index contributed by atoms with van der Waals surface area (Å²) in [7, 11) is 3.66. The van der Waals surface area contributed by atoms with Gasteiger partial charge in [0.2, 0.25) is 0 Å². The Balaban J connectivity index is 3.75. The second-order valence-electron chi connectivity index (χ2n) is 9.41. The Morgan fingerprint density at radius 2 is 1.24 bits per heavy atom. The summed E-state index contributed by atoms with van der Waals surface area (Å²) in [6.07, 6.45) is 25.3. The van der Waals surface area contributed by atoms with E-state index < -0.39 is 13.3 Å². The molecule has 0 fully saturated rings. The fourth-order valence-electron chi connectivity index (χ4n) is 4.14. The predicted octanol–water partition coefficient (Wildman–Crippen LogP) is 7.50. The van der Waals surface area contributed by atoms with E-state index in [1.54, 1.807) is 0 Å². The normalized spacial score (nSPS) is 14.9. The molecule has 0 saturated carbocycles. The van der Waals surface area contributed by atoms with Gasteiger partial charge in [0.1, 0.15) is 0 Å². The summed E-state index contributed by atoms with van der Waals surface area (Å²) in [6.45, 7) is 5.84. The lowest BCUT2D eigenvalue weighted by molar-refractivity contribution is -0.910. The maximum atomic E-state index is 12.1. The fraction of sp³-hybridized carbons (Fsp3) is 0.840. The van der Waals surface area contributed by atoms with Crippen LogP contribution in [0.15, 0.2) is 24.8 Å². The fourth-order valence-corrected chi connectivity index (χ4v) is 5.38. The SMILES string of the molecule is C=CCCCC/C=C\CCCCCCCCCCC(CCC)([P+](=O)[O-])[N+](C)(C)C. The molecule has 2 unspecified atom stereocenters. The van der Waals surface area contributed by atoms with Gasteiger partial charge in [-0.3, -0.25) is 4.48 Å². The number of unbranched alkanes of at least 4 members (excludes halogenated alkanes) is 11. The second kappa shape index (κ2) is 17.2. The van der Waals surface area contributed by atoms with Gasteiger partial charge in [0.25, 0.3) is 5.28 Å². The molecular formula is C25H49NO2P+. The van der Waals surface area contributed by atoms with E-state index in [0.29, 0.717) is 4.48 Å². The molecule has 0 amide bonds. The zero-order valence-corrected chi connectivity index (χ0v) is 20.9. The van der Waals surface area contributed by atoms with Crippen molar-refractivity contribution < 1.29 is 13.9 Å². The van der Waals surface area contributed by atoms with Crippen LogP contribution in [0.5, 0.6) is 0 Å². The maximum Gasteiger partial charge on any atom is 0.376 e. The van der Waals surface area contributed by atoms with Gasteiger partial charge in [0, 0.05) is 12.8 Å². The smallest absolute Gasteiger partial charge is 0.376 e. The monoisotopic (exact) mass is 426 g/mol. The van der Waals surface area contributed by atoms with Crippen LogP contribution < -0.4 is 4.89 Å². The Kier molecular flexibility index (Phi) is 16.9. The number of quaternary nitrogens is 1. The first-order chi connectivity index (χ1) is 13.8. The quantitative estimate of drug-likeness (QED) is 0.0875. The van der Waals surface area contributed by atoms with Gasteiger partial charge in [-0.05, 0) is 51.4 Å². The summed E-state index contributed by atoms with van der Waals surface area (Å²) in [5.41, 5.74) is 0. The molecule has 0 aromatic rings. The predicted molar refractivity (Wildman–Crippen MR) is 127 cm³/mol. The van der Waals surface area contributed by atoms with Crippen molar-refractivity contribution >= 4 is 8.03 Å². The lowest BCUT2D eigenvalue weighted by atomic mass is 9.99. The molecule has 0 heterocycles. The molecule has 4 heteroatoms. The van der Waals surface area contributed by atoms with E-state index in [2.05, 4.69) is 25.7 Å². The van der Waals surface area contributed by atoms with Crippen LogP contribution >= 0.6 is 8.03 Å². The van der Waals surface area contributed by atoms with Gasteiger partial charge < -0.3 is 4.89 Å². The largest absolute Gasteiger partial charge is 0.590 e. The van der Waals surface area contributed by atoms with E-state index in [9.17, 15) is 9.46 Å². The Bertz CT molecular complexity index is 456. The first-order valence-corrected chi connectivity index (χ1v) is 13.2. The molecular weight excluding hydrogens is 377 g/mol. The molecule has 0 aliphatic heterocycles. The summed E-state index contributed by atoms with van der Waals surface area (Å²) in [4.78, 5) is 12.1. The second-order valence-corrected chi connectivity index (χ2v) is 10.8. The van der Waals surface area contributed by atoms with Crippen molar-refractivity contribution in [3.05, 3.63) is 24.8 Å². The number of allylic oxidation sites excluding steroid dienone is 3. The van der Waals surface area contributed by atoms with Crippen molar-refractivity contribution in [2.45, 2.75) is 115 Å². The lowest BCUT2D eigenvalue weighted by Crippen LogP contribution is -2.55. The highest BCUT2D eigenvalue weighted by Gasteiger charge is 2.53. The highest BCUT2D eigenvalue weighted by Crippen LogP contribution is 2.45. The molecule has 0 aromatic heterocycles. The summed E-state index contributed by atoms with van der Waals surface area (Å²) >= 11 is 0. The minimum absolute atomic E-state index is 0.517. The summed E-state index contributed by atoms with van der Waals surface area (Å²) < 4.78 is 12.6. The third-order valence-corrected chi connectivity index (χ3v) is 7.86. The van der Waals surface area contributed by atoms with Gasteiger partial charge in [-0.15, -0.1) is 6.58 Å². The average Bonchev–Trinajstić information content (AvgIpc) is 2.65. The van der Waals surface area contributed by atoms with E-state index in [4.69, 9.17) is 0 Å². The van der Waals surface area contributed by atoms with E-state index in [1.165, 1.54) is 64.2 Å². The van der Waals surface area contributed by atoms with Gasteiger partial charge in [-0.1, -0.05) is 68.2 Å². The minimum Gasteiger partial charge on any atom is -0.590 e. The molecule has 0 saturated heterocycles. The van der Waals surface area contributed by atoms with Gasteiger partial charge >= 0.3 is 8.03 Å². The van der Waals surface area contributed by atoms with Crippen LogP contribution in [0.25, 0.3) is 0 Å². The van der Waals surface area contributed by atoms with Crippen molar-refractivity contribution in [1.82, 2.24) is 0 Å². The maximum absolute atomic E-state index is 12.1. The zero-order valence-electron chi connectivity index (χ0n) is 20.0. The first kappa shape index (κ1) is 28.5. The lowest BCUT2D eigenvalue weighted by Gasteiger charge is -2.39. The van der Waals surface area contributed by atoms with E-state index in [1.807, 2.05) is 27.2 Å². The van der Waals surface area contributed by atoms with Crippen LogP contribution in [0.2, 0.25) is 0 Å². The molecule has 0 aliphatic rings. The third-order valence-electron chi connectivity index (χ3n) is 6.13. The molecule has 0 N–H and O–H groups in total. The Labute approximate surface area is 183 Å². The number of nitrogens with zero attached hydrogens (tertiary/aromatic N) is 1. The standard InChI is InChI=1S/C25H49NO2P/c1-6-8-9-10-11-12-13-14-15-16-17-18-19-20-21-22-24-25(23-7-2,29(27)28)26(3,4)5/h6,12-13H,1,7-11,14-24H2,2-5H3/q+1/b13-12-. The third kappa shape index (κ3) is 12.7. The van der Waals surface area contributed by atoms with Crippen LogP contribution in [-0.2, 0) is 4.57 Å². The molecule has 0 spiro atoms. The Morgan fingerprint density at radius 1 is 0.793 bits per heavy atom. The highest BCUT2D eigenvalue weighted by molar-refractivity contribution is 7.38. The van der Waals surface area contributed by atoms with E-state index in [-0.39, 0.29) is 0 Å². The van der Waals surface area contributed by atoms with Gasteiger partial charge in [-0.25, -0.2) is 0 Å². The molecule has 0 radical (unpaired) electrons. The van der Waals surface area contributed by atoms with E-state index in [0.717, 1.165) is 38.5 Å². The molecule has 29 heavy (non-hydrogen) atoms. The minimum atomic E-state index is -2.42.